The van der Waals surface area contributed by atoms with Gasteiger partial charge in [-0.2, -0.15) is 0 Å². The molecular weight excluding hydrogens is 354 g/mol. The number of nitrogens with zero attached hydrogens (tertiary/aromatic N) is 2. The zero-order valence-electron chi connectivity index (χ0n) is 15.8. The Kier molecular flexibility index (Phi) is 7.72. The Bertz CT molecular complexity index is 638. The number of rotatable bonds is 6. The van der Waals surface area contributed by atoms with Gasteiger partial charge in [0.05, 0.1) is 6.54 Å². The fourth-order valence-corrected chi connectivity index (χ4v) is 3.28. The molecule has 6 nitrogen and oxygen atoms in total. The fourth-order valence-electron chi connectivity index (χ4n) is 3.05. The summed E-state index contributed by atoms with van der Waals surface area (Å²) in [7, 11) is 0. The van der Waals surface area contributed by atoms with Crippen molar-refractivity contribution in [2.45, 2.75) is 33.3 Å². The Morgan fingerprint density at radius 3 is 2.73 bits per heavy atom. The van der Waals surface area contributed by atoms with E-state index in [9.17, 15) is 9.59 Å². The third-order valence-electron chi connectivity index (χ3n) is 4.43. The number of carbonyl (C=O) groups is 2. The Balaban J connectivity index is 1.89. The molecule has 1 aromatic rings. The molecule has 7 heteroatoms. The monoisotopic (exact) mass is 381 g/mol. The first-order chi connectivity index (χ1) is 12.4. The number of benzene rings is 1. The molecule has 144 valence electrons. The topological polar surface area (TPSA) is 61.9 Å². The molecule has 0 aromatic heterocycles. The van der Waals surface area contributed by atoms with Gasteiger partial charge >= 0.3 is 0 Å². The van der Waals surface area contributed by atoms with Crippen LogP contribution < -0.4 is 10.1 Å². The summed E-state index contributed by atoms with van der Waals surface area (Å²) in [6.07, 6.45) is 0.280. The van der Waals surface area contributed by atoms with Crippen molar-refractivity contribution in [2.75, 3.05) is 39.3 Å². The lowest BCUT2D eigenvalue weighted by Crippen LogP contribution is -2.43. The number of aryl methyl sites for hydroxylation is 1. The molecule has 1 N–H and O–H groups in total. The van der Waals surface area contributed by atoms with E-state index in [-0.39, 0.29) is 11.8 Å². The van der Waals surface area contributed by atoms with E-state index in [4.69, 9.17) is 16.3 Å². The van der Waals surface area contributed by atoms with Crippen molar-refractivity contribution in [3.05, 3.63) is 28.8 Å². The highest BCUT2D eigenvalue weighted by Crippen LogP contribution is 2.23. The minimum Gasteiger partial charge on any atom is -0.481 e. The summed E-state index contributed by atoms with van der Waals surface area (Å²) < 4.78 is 5.85. The number of carbonyl (C=O) groups excluding carboxylic acids is 2. The molecule has 1 aromatic carbocycles. The highest BCUT2D eigenvalue weighted by Gasteiger charge is 2.25. The molecule has 2 rings (SSSR count). The molecule has 0 radical (unpaired) electrons. The summed E-state index contributed by atoms with van der Waals surface area (Å²) in [4.78, 5) is 28.4. The predicted molar refractivity (Wildman–Crippen MR) is 103 cm³/mol. The van der Waals surface area contributed by atoms with Crippen molar-refractivity contribution >= 4 is 23.4 Å². The Morgan fingerprint density at radius 2 is 2.04 bits per heavy atom. The van der Waals surface area contributed by atoms with E-state index >= 15 is 0 Å². The third-order valence-corrected chi connectivity index (χ3v) is 4.66. The van der Waals surface area contributed by atoms with Crippen LogP contribution in [0, 0.1) is 6.92 Å². The minimum atomic E-state index is -0.565. The molecular formula is C19H28ClN3O3. The maximum absolute atomic E-state index is 12.7. The van der Waals surface area contributed by atoms with Crippen molar-refractivity contribution in [3.63, 3.8) is 0 Å². The molecule has 1 saturated heterocycles. The number of likely N-dealkylation sites (N-methyl/N-ethyl adjacent to an activating group) is 1. The van der Waals surface area contributed by atoms with Gasteiger partial charge in [-0.05, 0) is 51.0 Å². The highest BCUT2D eigenvalue weighted by atomic mass is 35.5. The first kappa shape index (κ1) is 20.5. The lowest BCUT2D eigenvalue weighted by molar-refractivity contribution is -0.137. The number of ether oxygens (including phenoxy) is 1. The van der Waals surface area contributed by atoms with E-state index in [0.29, 0.717) is 43.5 Å². The first-order valence-corrected chi connectivity index (χ1v) is 9.49. The summed E-state index contributed by atoms with van der Waals surface area (Å²) in [6, 6.07) is 5.36. The van der Waals surface area contributed by atoms with Gasteiger partial charge < -0.3 is 15.0 Å². The lowest BCUT2D eigenvalue weighted by Gasteiger charge is -2.25. The van der Waals surface area contributed by atoms with E-state index < -0.39 is 6.10 Å². The van der Waals surface area contributed by atoms with Gasteiger partial charge in [0.1, 0.15) is 5.75 Å². The van der Waals surface area contributed by atoms with Gasteiger partial charge in [0, 0.05) is 37.7 Å². The molecule has 26 heavy (non-hydrogen) atoms. The quantitative estimate of drug-likeness (QED) is 0.819. The second-order valence-electron chi connectivity index (χ2n) is 6.58. The number of amides is 2. The van der Waals surface area contributed by atoms with Crippen molar-refractivity contribution < 1.29 is 14.3 Å². The first-order valence-electron chi connectivity index (χ1n) is 9.11. The van der Waals surface area contributed by atoms with Crippen molar-refractivity contribution in [1.29, 1.82) is 0 Å². The molecule has 0 saturated carbocycles. The number of nitrogens with one attached hydrogen (secondary N) is 1. The van der Waals surface area contributed by atoms with Crippen LogP contribution in [-0.2, 0) is 9.59 Å². The van der Waals surface area contributed by atoms with Crippen molar-refractivity contribution in [3.8, 4) is 5.75 Å². The second kappa shape index (κ2) is 9.78. The maximum Gasteiger partial charge on any atom is 0.263 e. The molecule has 0 spiro atoms. The number of halogens is 1. The lowest BCUT2D eigenvalue weighted by atomic mass is 10.2. The van der Waals surface area contributed by atoms with Crippen LogP contribution in [0.1, 0.15) is 25.8 Å². The van der Waals surface area contributed by atoms with Gasteiger partial charge in [-0.3, -0.25) is 14.5 Å². The Labute approximate surface area is 160 Å². The third kappa shape index (κ3) is 5.88. The number of hydrogen-bond acceptors (Lipinski definition) is 4. The van der Waals surface area contributed by atoms with Crippen LogP contribution in [0.2, 0.25) is 5.02 Å². The molecule has 1 atom stereocenters. The van der Waals surface area contributed by atoms with Crippen LogP contribution in [-0.4, -0.2) is 67.0 Å². The summed E-state index contributed by atoms with van der Waals surface area (Å²) in [6.45, 7) is 9.38. The Hall–Kier alpha value is -1.79. The van der Waals surface area contributed by atoms with Crippen LogP contribution >= 0.6 is 11.6 Å². The fraction of sp³-hybridized carbons (Fsp3) is 0.579. The van der Waals surface area contributed by atoms with Gasteiger partial charge in [-0.1, -0.05) is 11.6 Å². The average molecular weight is 382 g/mol. The zero-order chi connectivity index (χ0) is 19.1. The van der Waals surface area contributed by atoms with Crippen molar-refractivity contribution in [2.24, 2.45) is 0 Å². The molecule has 1 aliphatic rings. The van der Waals surface area contributed by atoms with E-state index in [1.54, 1.807) is 19.1 Å². The largest absolute Gasteiger partial charge is 0.481 e. The van der Waals surface area contributed by atoms with Gasteiger partial charge in [0.15, 0.2) is 6.10 Å². The zero-order valence-corrected chi connectivity index (χ0v) is 16.5. The molecule has 0 bridgehead atoms. The van der Waals surface area contributed by atoms with Crippen LogP contribution in [0.5, 0.6) is 5.75 Å². The average Bonchev–Trinajstić information content (AvgIpc) is 2.82. The van der Waals surface area contributed by atoms with Crippen LogP contribution in [0.3, 0.4) is 0 Å². The molecule has 2 amide bonds. The SMILES string of the molecule is CCNC(=O)CN1CCCN(C(=O)[C@H](C)Oc2ccc(Cl)cc2C)CC1. The van der Waals surface area contributed by atoms with E-state index in [1.165, 1.54) is 0 Å². The molecule has 1 fully saturated rings. The summed E-state index contributed by atoms with van der Waals surface area (Å²) >= 11 is 5.96. The van der Waals surface area contributed by atoms with E-state index in [2.05, 4.69) is 10.2 Å². The summed E-state index contributed by atoms with van der Waals surface area (Å²) in [5.41, 5.74) is 0.904. The highest BCUT2D eigenvalue weighted by molar-refractivity contribution is 6.30. The van der Waals surface area contributed by atoms with Gasteiger partial charge in [0.25, 0.3) is 5.91 Å². The predicted octanol–water partition coefficient (Wildman–Crippen LogP) is 2.09. The minimum absolute atomic E-state index is 0.0285. The van der Waals surface area contributed by atoms with Crippen molar-refractivity contribution in [1.82, 2.24) is 15.1 Å². The normalized spacial score (nSPS) is 16.7. The van der Waals surface area contributed by atoms with Crippen LogP contribution in [0.25, 0.3) is 0 Å². The summed E-state index contributed by atoms with van der Waals surface area (Å²) in [5.74, 6) is 0.671. The second-order valence-corrected chi connectivity index (χ2v) is 7.01. The van der Waals surface area contributed by atoms with E-state index in [0.717, 1.165) is 18.5 Å². The van der Waals surface area contributed by atoms with Crippen LogP contribution in [0.4, 0.5) is 0 Å². The van der Waals surface area contributed by atoms with Gasteiger partial charge in [-0.15, -0.1) is 0 Å². The molecule has 1 aliphatic heterocycles. The van der Waals surface area contributed by atoms with Gasteiger partial charge in [0.2, 0.25) is 5.91 Å². The molecule has 0 unspecified atom stereocenters. The Morgan fingerprint density at radius 1 is 1.27 bits per heavy atom. The van der Waals surface area contributed by atoms with E-state index in [1.807, 2.05) is 24.8 Å². The maximum atomic E-state index is 12.7. The summed E-state index contributed by atoms with van der Waals surface area (Å²) in [5, 5.41) is 3.46. The smallest absolute Gasteiger partial charge is 0.263 e. The standard InChI is InChI=1S/C19H28ClN3O3/c1-4-21-18(24)13-22-8-5-9-23(11-10-22)19(25)15(3)26-17-7-6-16(20)12-14(17)2/h6-7,12,15H,4-5,8-11,13H2,1-3H3,(H,21,24)/t15-/m0/s1. The van der Waals surface area contributed by atoms with Gasteiger partial charge in [-0.25, -0.2) is 0 Å². The number of hydrogen-bond donors (Lipinski definition) is 1. The molecule has 1 heterocycles. The van der Waals surface area contributed by atoms with Crippen LogP contribution in [0.15, 0.2) is 18.2 Å². The molecule has 0 aliphatic carbocycles.